The van der Waals surface area contributed by atoms with Crippen molar-refractivity contribution in [2.45, 2.75) is 6.18 Å². The Morgan fingerprint density at radius 1 is 1.27 bits per heavy atom. The van der Waals surface area contributed by atoms with Crippen LogP contribution < -0.4 is 0 Å². The minimum absolute atomic E-state index is 0.390. The lowest BCUT2D eigenvalue weighted by Gasteiger charge is -2.09. The second-order valence-electron chi connectivity index (χ2n) is 2.54. The number of halogens is 5. The summed E-state index contributed by atoms with van der Waals surface area (Å²) in [6.45, 7) is 0. The molecule has 0 aliphatic heterocycles. The van der Waals surface area contributed by atoms with Crippen LogP contribution in [0.15, 0.2) is 12.1 Å². The minimum atomic E-state index is -4.77. The average Bonchev–Trinajstić information content (AvgIpc) is 2.06. The first kappa shape index (κ1) is 12.1. The number of hydrogen-bond acceptors (Lipinski definition) is 2. The standard InChI is InChI=1S/C7H2Cl2F3NO2/c8-3-1-4(7(10,11)12)6(9)5(2-3)13(14)15/h1-2H. The highest BCUT2D eigenvalue weighted by Crippen LogP contribution is 2.40. The molecule has 0 bridgehead atoms. The lowest BCUT2D eigenvalue weighted by molar-refractivity contribution is -0.384. The molecule has 0 atom stereocenters. The first-order valence-corrected chi connectivity index (χ1v) is 4.19. The van der Waals surface area contributed by atoms with E-state index in [1.54, 1.807) is 0 Å². The molecule has 0 fully saturated rings. The molecule has 0 amide bonds. The number of nitro groups is 1. The molecule has 0 spiro atoms. The van der Waals surface area contributed by atoms with E-state index in [-0.39, 0.29) is 0 Å². The fraction of sp³-hybridized carbons (Fsp3) is 0.143. The molecule has 0 aromatic heterocycles. The van der Waals surface area contributed by atoms with Crippen molar-refractivity contribution in [2.75, 3.05) is 0 Å². The molecule has 0 aliphatic rings. The smallest absolute Gasteiger partial charge is 0.258 e. The molecule has 0 unspecified atom stereocenters. The van der Waals surface area contributed by atoms with E-state index in [2.05, 4.69) is 0 Å². The maximum Gasteiger partial charge on any atom is 0.418 e. The van der Waals surface area contributed by atoms with Crippen LogP contribution in [-0.2, 0) is 6.18 Å². The van der Waals surface area contributed by atoms with Gasteiger partial charge in [-0.25, -0.2) is 0 Å². The van der Waals surface area contributed by atoms with E-state index in [1.165, 1.54) is 0 Å². The van der Waals surface area contributed by atoms with Crippen LogP contribution in [0, 0.1) is 10.1 Å². The van der Waals surface area contributed by atoms with Crippen molar-refractivity contribution < 1.29 is 18.1 Å². The topological polar surface area (TPSA) is 43.1 Å². The zero-order valence-electron chi connectivity index (χ0n) is 6.81. The van der Waals surface area contributed by atoms with Gasteiger partial charge in [-0.15, -0.1) is 0 Å². The van der Waals surface area contributed by atoms with Crippen molar-refractivity contribution in [3.63, 3.8) is 0 Å². The zero-order valence-corrected chi connectivity index (χ0v) is 8.32. The van der Waals surface area contributed by atoms with E-state index < -0.39 is 32.4 Å². The predicted molar refractivity (Wildman–Crippen MR) is 48.1 cm³/mol. The SMILES string of the molecule is O=[N+]([O-])c1cc(Cl)cc(C(F)(F)F)c1Cl. The summed E-state index contributed by atoms with van der Waals surface area (Å²) in [5.74, 6) is 0. The molecular formula is C7H2Cl2F3NO2. The van der Waals surface area contributed by atoms with Gasteiger partial charge in [0.2, 0.25) is 0 Å². The average molecular weight is 260 g/mol. The molecule has 1 aromatic carbocycles. The van der Waals surface area contributed by atoms with E-state index in [0.29, 0.717) is 6.07 Å². The number of benzene rings is 1. The van der Waals surface area contributed by atoms with E-state index in [1.807, 2.05) is 0 Å². The lowest BCUT2D eigenvalue weighted by Crippen LogP contribution is -2.07. The van der Waals surface area contributed by atoms with Gasteiger partial charge in [0, 0.05) is 11.1 Å². The highest BCUT2D eigenvalue weighted by atomic mass is 35.5. The fourth-order valence-corrected chi connectivity index (χ4v) is 1.41. The van der Waals surface area contributed by atoms with E-state index in [0.717, 1.165) is 6.07 Å². The monoisotopic (exact) mass is 259 g/mol. The van der Waals surface area contributed by atoms with Crippen molar-refractivity contribution in [3.8, 4) is 0 Å². The Kier molecular flexibility index (Phi) is 3.11. The lowest BCUT2D eigenvalue weighted by atomic mass is 10.2. The molecule has 0 radical (unpaired) electrons. The van der Waals surface area contributed by atoms with Gasteiger partial charge >= 0.3 is 6.18 Å². The fourth-order valence-electron chi connectivity index (χ4n) is 0.914. The number of nitrogens with zero attached hydrogens (tertiary/aromatic N) is 1. The van der Waals surface area contributed by atoms with Gasteiger partial charge in [-0.2, -0.15) is 13.2 Å². The second kappa shape index (κ2) is 3.86. The van der Waals surface area contributed by atoms with Crippen molar-refractivity contribution in [2.24, 2.45) is 0 Å². The number of alkyl halides is 3. The summed E-state index contributed by atoms with van der Waals surface area (Å²) in [7, 11) is 0. The molecule has 15 heavy (non-hydrogen) atoms. The van der Waals surface area contributed by atoms with Gasteiger partial charge in [0.1, 0.15) is 5.02 Å². The molecule has 82 valence electrons. The number of rotatable bonds is 1. The van der Waals surface area contributed by atoms with Crippen LogP contribution in [0.5, 0.6) is 0 Å². The Balaban J connectivity index is 3.49. The number of hydrogen-bond donors (Lipinski definition) is 0. The maximum atomic E-state index is 12.3. The Labute approximate surface area is 91.6 Å². The summed E-state index contributed by atoms with van der Waals surface area (Å²) < 4.78 is 36.9. The van der Waals surface area contributed by atoms with Gasteiger partial charge in [0.15, 0.2) is 0 Å². The number of nitro benzene ring substituents is 1. The third-order valence-corrected chi connectivity index (χ3v) is 2.14. The molecule has 1 rings (SSSR count). The first-order chi connectivity index (χ1) is 6.73. The van der Waals surface area contributed by atoms with Crippen LogP contribution in [0.3, 0.4) is 0 Å². The van der Waals surface area contributed by atoms with E-state index in [4.69, 9.17) is 23.2 Å². The van der Waals surface area contributed by atoms with Crippen LogP contribution in [0.2, 0.25) is 10.0 Å². The molecule has 3 nitrogen and oxygen atoms in total. The third-order valence-electron chi connectivity index (χ3n) is 1.52. The van der Waals surface area contributed by atoms with Gasteiger partial charge in [-0.3, -0.25) is 10.1 Å². The maximum absolute atomic E-state index is 12.3. The molecule has 0 N–H and O–H groups in total. The van der Waals surface area contributed by atoms with Crippen molar-refractivity contribution in [1.82, 2.24) is 0 Å². The third kappa shape index (κ3) is 2.51. The van der Waals surface area contributed by atoms with Crippen molar-refractivity contribution in [3.05, 3.63) is 37.9 Å². The van der Waals surface area contributed by atoms with Gasteiger partial charge < -0.3 is 0 Å². The van der Waals surface area contributed by atoms with Gasteiger partial charge in [0.25, 0.3) is 5.69 Å². The van der Waals surface area contributed by atoms with Crippen LogP contribution in [0.25, 0.3) is 0 Å². The highest BCUT2D eigenvalue weighted by Gasteiger charge is 2.36. The summed E-state index contributed by atoms with van der Waals surface area (Å²) in [5.41, 5.74) is -2.18. The first-order valence-electron chi connectivity index (χ1n) is 3.44. The van der Waals surface area contributed by atoms with Crippen LogP contribution in [0.4, 0.5) is 18.9 Å². The molecule has 1 aromatic rings. The van der Waals surface area contributed by atoms with Crippen LogP contribution >= 0.6 is 23.2 Å². The van der Waals surface area contributed by atoms with Gasteiger partial charge in [-0.05, 0) is 6.07 Å². The second-order valence-corrected chi connectivity index (χ2v) is 3.36. The van der Waals surface area contributed by atoms with Crippen LogP contribution in [0.1, 0.15) is 5.56 Å². The Morgan fingerprint density at radius 3 is 2.20 bits per heavy atom. The predicted octanol–water partition coefficient (Wildman–Crippen LogP) is 3.92. The normalized spacial score (nSPS) is 11.5. The highest BCUT2D eigenvalue weighted by molar-refractivity contribution is 6.35. The Hall–Kier alpha value is -1.01. The Morgan fingerprint density at radius 2 is 1.80 bits per heavy atom. The van der Waals surface area contributed by atoms with Crippen LogP contribution in [-0.4, -0.2) is 4.92 Å². The van der Waals surface area contributed by atoms with Gasteiger partial charge in [-0.1, -0.05) is 23.2 Å². The Bertz CT molecular complexity index is 419. The van der Waals surface area contributed by atoms with E-state index in [9.17, 15) is 23.3 Å². The summed E-state index contributed by atoms with van der Waals surface area (Å²) in [6, 6.07) is 1.30. The summed E-state index contributed by atoms with van der Waals surface area (Å²) in [6.07, 6.45) is -4.77. The minimum Gasteiger partial charge on any atom is -0.258 e. The largest absolute Gasteiger partial charge is 0.418 e. The van der Waals surface area contributed by atoms with E-state index >= 15 is 0 Å². The molecule has 0 saturated carbocycles. The van der Waals surface area contributed by atoms with Crippen molar-refractivity contribution >= 4 is 28.9 Å². The molecule has 8 heteroatoms. The summed E-state index contributed by atoms with van der Waals surface area (Å²) in [5, 5.41) is 9.00. The van der Waals surface area contributed by atoms with Crippen molar-refractivity contribution in [1.29, 1.82) is 0 Å². The quantitative estimate of drug-likeness (QED) is 0.567. The summed E-state index contributed by atoms with van der Waals surface area (Å²) in [4.78, 5) is 9.32. The molecule has 0 heterocycles. The zero-order chi connectivity index (χ0) is 11.8. The molecule has 0 aliphatic carbocycles. The summed E-state index contributed by atoms with van der Waals surface area (Å²) >= 11 is 10.5. The molecule has 0 saturated heterocycles. The molecular weight excluding hydrogens is 258 g/mol. The van der Waals surface area contributed by atoms with Gasteiger partial charge in [0.05, 0.1) is 10.5 Å².